The van der Waals surface area contributed by atoms with Gasteiger partial charge in [0.05, 0.1) is 5.69 Å². The Labute approximate surface area is 158 Å². The second-order valence-electron chi connectivity index (χ2n) is 5.69. The van der Waals surface area contributed by atoms with E-state index >= 15 is 0 Å². The standard InChI is InChI=1S/C17H16N8OS/c1-2-8-24-14(11-6-4-3-5-7-11)21-22-17(24)27-10-12-9-13(26)25-16(19-12)20-15(18)23-25/h2-7,9H,1,8,10H2,(H3,18,19,20,23). The molecule has 3 heterocycles. The molecule has 1 aromatic carbocycles. The molecule has 0 saturated heterocycles. The van der Waals surface area contributed by atoms with E-state index in [2.05, 4.69) is 31.8 Å². The third kappa shape index (κ3) is 3.34. The van der Waals surface area contributed by atoms with E-state index in [-0.39, 0.29) is 17.3 Å². The van der Waals surface area contributed by atoms with E-state index in [1.165, 1.54) is 22.3 Å². The average molecular weight is 380 g/mol. The minimum atomic E-state index is -0.266. The van der Waals surface area contributed by atoms with E-state index in [1.807, 2.05) is 34.9 Å². The highest BCUT2D eigenvalue weighted by Crippen LogP contribution is 2.25. The van der Waals surface area contributed by atoms with Crippen LogP contribution in [0.3, 0.4) is 0 Å². The number of allylic oxidation sites excluding steroid dienone is 1. The Morgan fingerprint density at radius 2 is 2.04 bits per heavy atom. The Hall–Kier alpha value is -3.40. The summed E-state index contributed by atoms with van der Waals surface area (Å²) < 4.78 is 3.18. The Morgan fingerprint density at radius 3 is 2.81 bits per heavy atom. The molecule has 0 aliphatic heterocycles. The lowest BCUT2D eigenvalue weighted by molar-refractivity contribution is 0.731. The third-order valence-corrected chi connectivity index (χ3v) is 4.81. The molecule has 0 fully saturated rings. The molecule has 0 aliphatic rings. The number of nitrogens with two attached hydrogens (primary N) is 1. The van der Waals surface area contributed by atoms with Crippen molar-refractivity contribution >= 4 is 23.5 Å². The molecule has 0 radical (unpaired) electrons. The number of nitrogen functional groups attached to an aromatic ring is 1. The van der Waals surface area contributed by atoms with Crippen molar-refractivity contribution in [2.45, 2.75) is 17.5 Å². The van der Waals surface area contributed by atoms with Gasteiger partial charge in [-0.2, -0.15) is 9.50 Å². The molecule has 10 heteroatoms. The Kier molecular flexibility index (Phi) is 4.47. The molecule has 0 amide bonds. The largest absolute Gasteiger partial charge is 0.368 e. The van der Waals surface area contributed by atoms with Crippen LogP contribution in [0, 0.1) is 0 Å². The number of nitrogens with zero attached hydrogens (tertiary/aromatic N) is 6. The van der Waals surface area contributed by atoms with Crippen LogP contribution >= 0.6 is 11.8 Å². The number of fused-ring (bicyclic) bond motifs is 1. The number of rotatable bonds is 6. The number of benzene rings is 1. The third-order valence-electron chi connectivity index (χ3n) is 3.81. The summed E-state index contributed by atoms with van der Waals surface area (Å²) >= 11 is 1.44. The number of anilines is 1. The Balaban J connectivity index is 1.62. The smallest absolute Gasteiger partial charge is 0.274 e. The molecule has 4 rings (SSSR count). The minimum Gasteiger partial charge on any atom is -0.368 e. The highest BCUT2D eigenvalue weighted by atomic mass is 32.2. The summed E-state index contributed by atoms with van der Waals surface area (Å²) in [5.74, 6) is 1.60. The zero-order chi connectivity index (χ0) is 18.8. The fourth-order valence-corrected chi connectivity index (χ4v) is 3.49. The van der Waals surface area contributed by atoms with E-state index in [4.69, 9.17) is 5.73 Å². The molecule has 0 saturated carbocycles. The van der Waals surface area contributed by atoms with E-state index in [0.29, 0.717) is 18.0 Å². The number of hydrogen-bond acceptors (Lipinski definition) is 7. The molecule has 0 bridgehead atoms. The van der Waals surface area contributed by atoms with Crippen LogP contribution in [0.1, 0.15) is 5.69 Å². The van der Waals surface area contributed by atoms with Crippen LogP contribution in [-0.2, 0) is 12.3 Å². The average Bonchev–Trinajstić information content (AvgIpc) is 3.24. The highest BCUT2D eigenvalue weighted by molar-refractivity contribution is 7.98. The van der Waals surface area contributed by atoms with Gasteiger partial charge in [0, 0.05) is 23.9 Å². The first-order valence-corrected chi connectivity index (χ1v) is 9.11. The fraction of sp³-hybridized carbons (Fsp3) is 0.118. The molecular formula is C17H16N8OS. The van der Waals surface area contributed by atoms with Crippen LogP contribution in [0.2, 0.25) is 0 Å². The molecule has 136 valence electrons. The molecule has 27 heavy (non-hydrogen) atoms. The number of H-pyrrole nitrogens is 1. The summed E-state index contributed by atoms with van der Waals surface area (Å²) in [6, 6.07) is 11.3. The summed E-state index contributed by atoms with van der Waals surface area (Å²) in [5.41, 5.74) is 6.88. The van der Waals surface area contributed by atoms with Gasteiger partial charge in [-0.25, -0.2) is 4.98 Å². The van der Waals surface area contributed by atoms with Crippen LogP contribution in [-0.4, -0.2) is 34.3 Å². The van der Waals surface area contributed by atoms with Crippen LogP contribution < -0.4 is 11.3 Å². The van der Waals surface area contributed by atoms with Crippen LogP contribution in [0.15, 0.2) is 59.0 Å². The van der Waals surface area contributed by atoms with Gasteiger partial charge >= 0.3 is 0 Å². The van der Waals surface area contributed by atoms with Crippen LogP contribution in [0.25, 0.3) is 17.2 Å². The van der Waals surface area contributed by atoms with Gasteiger partial charge in [0.15, 0.2) is 11.0 Å². The molecule has 3 N–H and O–H groups in total. The van der Waals surface area contributed by atoms with E-state index < -0.39 is 0 Å². The molecule has 0 spiro atoms. The van der Waals surface area contributed by atoms with Gasteiger partial charge in [0.2, 0.25) is 5.95 Å². The van der Waals surface area contributed by atoms with Gasteiger partial charge in [-0.15, -0.1) is 16.8 Å². The molecular weight excluding hydrogens is 364 g/mol. The highest BCUT2D eigenvalue weighted by Gasteiger charge is 2.14. The number of aromatic amines is 1. The summed E-state index contributed by atoms with van der Waals surface area (Å²) in [6.45, 7) is 4.39. The van der Waals surface area contributed by atoms with Gasteiger partial charge in [-0.3, -0.25) is 14.5 Å². The Morgan fingerprint density at radius 1 is 1.22 bits per heavy atom. The zero-order valence-electron chi connectivity index (χ0n) is 14.2. The minimum absolute atomic E-state index is 0.141. The number of hydrogen-bond donors (Lipinski definition) is 2. The maximum atomic E-state index is 12.1. The van der Waals surface area contributed by atoms with Crippen molar-refractivity contribution in [3.8, 4) is 11.4 Å². The van der Waals surface area contributed by atoms with Crippen molar-refractivity contribution in [3.63, 3.8) is 0 Å². The summed E-state index contributed by atoms with van der Waals surface area (Å²) in [6.07, 6.45) is 1.79. The molecule has 0 aliphatic carbocycles. The second-order valence-corrected chi connectivity index (χ2v) is 6.63. The molecule has 0 unspecified atom stereocenters. The summed E-state index contributed by atoms with van der Waals surface area (Å²) in [4.78, 5) is 20.5. The first-order chi connectivity index (χ1) is 13.2. The topological polar surface area (TPSA) is 120 Å². The maximum Gasteiger partial charge on any atom is 0.274 e. The van der Waals surface area contributed by atoms with Crippen molar-refractivity contribution in [2.75, 3.05) is 5.73 Å². The van der Waals surface area contributed by atoms with Gasteiger partial charge in [0.1, 0.15) is 0 Å². The Bertz CT molecular complexity index is 1160. The van der Waals surface area contributed by atoms with E-state index in [0.717, 1.165) is 16.5 Å². The van der Waals surface area contributed by atoms with Gasteiger partial charge < -0.3 is 5.73 Å². The van der Waals surface area contributed by atoms with Crippen molar-refractivity contribution in [2.24, 2.45) is 0 Å². The van der Waals surface area contributed by atoms with Crippen LogP contribution in [0.5, 0.6) is 0 Å². The zero-order valence-corrected chi connectivity index (χ0v) is 15.1. The second kappa shape index (κ2) is 7.08. The molecule has 3 aromatic heterocycles. The van der Waals surface area contributed by atoms with Crippen molar-refractivity contribution in [3.05, 3.63) is 65.1 Å². The van der Waals surface area contributed by atoms with Gasteiger partial charge in [0.25, 0.3) is 11.3 Å². The van der Waals surface area contributed by atoms with E-state index in [9.17, 15) is 4.79 Å². The lowest BCUT2D eigenvalue weighted by atomic mass is 10.2. The van der Waals surface area contributed by atoms with Crippen molar-refractivity contribution in [1.82, 2.24) is 34.3 Å². The van der Waals surface area contributed by atoms with Crippen molar-refractivity contribution < 1.29 is 0 Å². The normalized spacial score (nSPS) is 11.1. The fourth-order valence-electron chi connectivity index (χ4n) is 2.65. The summed E-state index contributed by atoms with van der Waals surface area (Å²) in [7, 11) is 0. The monoisotopic (exact) mass is 380 g/mol. The molecule has 0 atom stereocenters. The first-order valence-electron chi connectivity index (χ1n) is 8.12. The molecule has 4 aromatic rings. The lowest BCUT2D eigenvalue weighted by Gasteiger charge is -2.07. The number of nitrogens with one attached hydrogen (secondary N) is 1. The summed E-state index contributed by atoms with van der Waals surface area (Å²) in [5, 5.41) is 12.0. The lowest BCUT2D eigenvalue weighted by Crippen LogP contribution is -2.15. The number of thioether (sulfide) groups is 1. The van der Waals surface area contributed by atoms with Crippen LogP contribution in [0.4, 0.5) is 5.95 Å². The SMILES string of the molecule is C=CCn1c(SCc2cc(=O)n3[nH]c(N)nc3n2)nnc1-c1ccccc1. The van der Waals surface area contributed by atoms with Gasteiger partial charge in [-0.05, 0) is 0 Å². The predicted octanol–water partition coefficient (Wildman–Crippen LogP) is 1.74. The number of aromatic nitrogens is 7. The van der Waals surface area contributed by atoms with Gasteiger partial charge in [-0.1, -0.05) is 48.2 Å². The first kappa shape index (κ1) is 17.0. The quantitative estimate of drug-likeness (QED) is 0.386. The molecule has 9 nitrogen and oxygen atoms in total. The van der Waals surface area contributed by atoms with Crippen molar-refractivity contribution in [1.29, 1.82) is 0 Å². The predicted molar refractivity (Wildman–Crippen MR) is 103 cm³/mol. The van der Waals surface area contributed by atoms with E-state index in [1.54, 1.807) is 6.08 Å². The maximum absolute atomic E-state index is 12.1.